The minimum atomic E-state index is 0.717. The van der Waals surface area contributed by atoms with Crippen molar-refractivity contribution in [1.29, 1.82) is 0 Å². The van der Waals surface area contributed by atoms with Crippen molar-refractivity contribution < 1.29 is 4.74 Å². The van der Waals surface area contributed by atoms with Crippen LogP contribution in [0.5, 0.6) is 5.75 Å². The van der Waals surface area contributed by atoms with Crippen LogP contribution in [-0.2, 0) is 0 Å². The van der Waals surface area contributed by atoms with Crippen molar-refractivity contribution in [3.8, 4) is 5.75 Å². The van der Waals surface area contributed by atoms with E-state index in [1.165, 1.54) is 5.75 Å². The van der Waals surface area contributed by atoms with Crippen molar-refractivity contribution in [3.05, 3.63) is 24.3 Å². The maximum Gasteiger partial charge on any atom is 0.121 e. The Kier molecular flexibility index (Phi) is 6.09. The summed E-state index contributed by atoms with van der Waals surface area (Å²) in [6.45, 7) is 5.90. The average Bonchev–Trinajstić information content (AvgIpc) is 2.26. The highest BCUT2D eigenvalue weighted by atomic mass is 32.2. The van der Waals surface area contributed by atoms with Gasteiger partial charge in [0.2, 0.25) is 0 Å². The van der Waals surface area contributed by atoms with Gasteiger partial charge >= 0.3 is 0 Å². The smallest absolute Gasteiger partial charge is 0.121 e. The Morgan fingerprint density at radius 2 is 2.20 bits per heavy atom. The Balaban J connectivity index is 2.36. The van der Waals surface area contributed by atoms with Crippen molar-refractivity contribution in [2.45, 2.75) is 13.8 Å². The minimum Gasteiger partial charge on any atom is -0.494 e. The van der Waals surface area contributed by atoms with E-state index >= 15 is 0 Å². The number of thioether (sulfide) groups is 1. The lowest BCUT2D eigenvalue weighted by Gasteiger charge is -2.08. The third-order valence-corrected chi connectivity index (χ3v) is 2.83. The van der Waals surface area contributed by atoms with Crippen LogP contribution in [0.4, 0.5) is 5.69 Å². The van der Waals surface area contributed by atoms with E-state index < -0.39 is 0 Å². The van der Waals surface area contributed by atoms with Crippen molar-refractivity contribution in [3.63, 3.8) is 0 Å². The van der Waals surface area contributed by atoms with E-state index in [0.29, 0.717) is 0 Å². The molecule has 0 heterocycles. The van der Waals surface area contributed by atoms with Crippen LogP contribution in [0.15, 0.2) is 24.3 Å². The lowest BCUT2D eigenvalue weighted by atomic mass is 10.3. The molecule has 0 amide bonds. The van der Waals surface area contributed by atoms with E-state index in [1.807, 2.05) is 36.9 Å². The number of hydrogen-bond donors (Lipinski definition) is 1. The molecule has 1 N–H and O–H groups in total. The normalized spacial score (nSPS) is 10.0. The molecule has 0 aromatic heterocycles. The molecule has 1 aromatic carbocycles. The van der Waals surface area contributed by atoms with Gasteiger partial charge in [-0.15, -0.1) is 0 Å². The van der Waals surface area contributed by atoms with Crippen molar-refractivity contribution in [1.82, 2.24) is 0 Å². The van der Waals surface area contributed by atoms with Crippen LogP contribution in [0, 0.1) is 0 Å². The molecule has 0 unspecified atom stereocenters. The van der Waals surface area contributed by atoms with Gasteiger partial charge in [0.25, 0.3) is 0 Å². The van der Waals surface area contributed by atoms with Gasteiger partial charge in [-0.05, 0) is 24.8 Å². The largest absolute Gasteiger partial charge is 0.494 e. The summed E-state index contributed by atoms with van der Waals surface area (Å²) in [6, 6.07) is 8.11. The van der Waals surface area contributed by atoms with E-state index in [9.17, 15) is 0 Å². The molecule has 84 valence electrons. The van der Waals surface area contributed by atoms with E-state index in [4.69, 9.17) is 4.74 Å². The van der Waals surface area contributed by atoms with Crippen LogP contribution >= 0.6 is 11.8 Å². The van der Waals surface area contributed by atoms with Crippen LogP contribution in [-0.4, -0.2) is 24.7 Å². The molecule has 0 aliphatic heterocycles. The molecule has 0 aliphatic rings. The fourth-order valence-corrected chi connectivity index (χ4v) is 1.81. The van der Waals surface area contributed by atoms with Gasteiger partial charge < -0.3 is 10.1 Å². The first-order valence-corrected chi connectivity index (χ1v) is 6.56. The summed E-state index contributed by atoms with van der Waals surface area (Å²) in [5.74, 6) is 3.27. The minimum absolute atomic E-state index is 0.717. The Morgan fingerprint density at radius 1 is 1.33 bits per heavy atom. The lowest BCUT2D eigenvalue weighted by molar-refractivity contribution is 0.340. The Bertz CT molecular complexity index is 278. The van der Waals surface area contributed by atoms with E-state index in [-0.39, 0.29) is 0 Å². The van der Waals surface area contributed by atoms with Gasteiger partial charge in [0.15, 0.2) is 0 Å². The lowest BCUT2D eigenvalue weighted by Crippen LogP contribution is -2.04. The number of rotatable bonds is 7. The third kappa shape index (κ3) is 4.98. The summed E-state index contributed by atoms with van der Waals surface area (Å²) < 4.78 is 5.43. The second-order valence-electron chi connectivity index (χ2n) is 3.08. The first-order chi connectivity index (χ1) is 7.36. The fourth-order valence-electron chi connectivity index (χ4n) is 1.27. The molecular weight excluding hydrogens is 206 g/mol. The zero-order valence-electron chi connectivity index (χ0n) is 9.45. The number of anilines is 1. The molecule has 0 spiro atoms. The summed E-state index contributed by atoms with van der Waals surface area (Å²) >= 11 is 1.95. The topological polar surface area (TPSA) is 21.3 Å². The molecule has 0 radical (unpaired) electrons. The van der Waals surface area contributed by atoms with E-state index in [0.717, 1.165) is 30.3 Å². The summed E-state index contributed by atoms with van der Waals surface area (Å²) in [6.07, 6.45) is 0. The molecule has 1 rings (SSSR count). The predicted octanol–water partition coefficient (Wildman–Crippen LogP) is 3.25. The highest BCUT2D eigenvalue weighted by Gasteiger charge is 1.95. The standard InChI is InChI=1S/C12H19NOS/c1-3-14-12-7-5-6-11(10-12)13-8-9-15-4-2/h5-7,10,13H,3-4,8-9H2,1-2H3. The summed E-state index contributed by atoms with van der Waals surface area (Å²) in [7, 11) is 0. The molecule has 0 saturated heterocycles. The first kappa shape index (κ1) is 12.2. The highest BCUT2D eigenvalue weighted by Crippen LogP contribution is 2.17. The summed E-state index contributed by atoms with van der Waals surface area (Å²) in [5, 5.41) is 3.38. The number of benzene rings is 1. The number of nitrogens with one attached hydrogen (secondary N) is 1. The second-order valence-corrected chi connectivity index (χ2v) is 4.48. The zero-order chi connectivity index (χ0) is 10.9. The average molecular weight is 225 g/mol. The number of ether oxygens (including phenoxy) is 1. The van der Waals surface area contributed by atoms with Gasteiger partial charge in [-0.1, -0.05) is 13.0 Å². The van der Waals surface area contributed by atoms with Crippen LogP contribution in [0.1, 0.15) is 13.8 Å². The second kappa shape index (κ2) is 7.46. The Hall–Kier alpha value is -0.830. The summed E-state index contributed by atoms with van der Waals surface area (Å²) in [5.41, 5.74) is 1.14. The van der Waals surface area contributed by atoms with Gasteiger partial charge in [0.1, 0.15) is 5.75 Å². The molecular formula is C12H19NOS. The third-order valence-electron chi connectivity index (χ3n) is 1.92. The van der Waals surface area contributed by atoms with Gasteiger partial charge in [0.05, 0.1) is 6.61 Å². The SMILES string of the molecule is CCOc1cccc(NCCSCC)c1. The van der Waals surface area contributed by atoms with Crippen molar-refractivity contribution in [2.75, 3.05) is 30.0 Å². The molecule has 15 heavy (non-hydrogen) atoms. The molecule has 1 aromatic rings. The molecule has 0 saturated carbocycles. The van der Waals surface area contributed by atoms with Crippen molar-refractivity contribution in [2.24, 2.45) is 0 Å². The number of hydrogen-bond acceptors (Lipinski definition) is 3. The van der Waals surface area contributed by atoms with Gasteiger partial charge in [-0.2, -0.15) is 11.8 Å². The fraction of sp³-hybridized carbons (Fsp3) is 0.500. The molecule has 2 nitrogen and oxygen atoms in total. The Morgan fingerprint density at radius 3 is 2.93 bits per heavy atom. The molecule has 0 aliphatic carbocycles. The molecule has 0 atom stereocenters. The first-order valence-electron chi connectivity index (χ1n) is 5.41. The Labute approximate surface area is 96.4 Å². The maximum atomic E-state index is 5.43. The molecule has 0 bridgehead atoms. The predicted molar refractivity (Wildman–Crippen MR) is 69.1 cm³/mol. The maximum absolute atomic E-state index is 5.43. The zero-order valence-corrected chi connectivity index (χ0v) is 10.3. The molecule has 0 fully saturated rings. The van der Waals surface area contributed by atoms with Crippen molar-refractivity contribution >= 4 is 17.4 Å². The monoisotopic (exact) mass is 225 g/mol. The van der Waals surface area contributed by atoms with E-state index in [1.54, 1.807) is 0 Å². The van der Waals surface area contributed by atoms with E-state index in [2.05, 4.69) is 18.3 Å². The molecule has 3 heteroatoms. The van der Waals surface area contributed by atoms with Crippen LogP contribution in [0.2, 0.25) is 0 Å². The van der Waals surface area contributed by atoms with Gasteiger partial charge in [-0.25, -0.2) is 0 Å². The van der Waals surface area contributed by atoms with Crippen LogP contribution in [0.25, 0.3) is 0 Å². The summed E-state index contributed by atoms with van der Waals surface area (Å²) in [4.78, 5) is 0. The van der Waals surface area contributed by atoms with Crippen LogP contribution in [0.3, 0.4) is 0 Å². The quantitative estimate of drug-likeness (QED) is 0.720. The van der Waals surface area contributed by atoms with Gasteiger partial charge in [-0.3, -0.25) is 0 Å². The highest BCUT2D eigenvalue weighted by molar-refractivity contribution is 7.99. The van der Waals surface area contributed by atoms with Crippen LogP contribution < -0.4 is 10.1 Å². The van der Waals surface area contributed by atoms with Gasteiger partial charge in [0, 0.05) is 24.1 Å².